The van der Waals surface area contributed by atoms with E-state index in [1.807, 2.05) is 6.92 Å². The van der Waals surface area contributed by atoms with Crippen LogP contribution in [-0.4, -0.2) is 53.8 Å². The molecule has 0 saturated carbocycles. The van der Waals surface area contributed by atoms with Crippen LogP contribution in [-0.2, 0) is 14.8 Å². The number of likely N-dealkylation sites (N-methyl/N-ethyl adjacent to an activating group) is 1. The molecule has 0 aliphatic carbocycles. The Morgan fingerprint density at radius 1 is 1.30 bits per heavy atom. The van der Waals surface area contributed by atoms with Crippen molar-refractivity contribution in [2.45, 2.75) is 51.5 Å². The maximum absolute atomic E-state index is 12.8. The molecule has 0 unspecified atom stereocenters. The van der Waals surface area contributed by atoms with E-state index in [1.165, 1.54) is 19.2 Å². The number of aromatic nitrogens is 3. The molecule has 0 spiro atoms. The van der Waals surface area contributed by atoms with Gasteiger partial charge in [0.1, 0.15) is 5.52 Å². The Morgan fingerprint density at radius 2 is 2.00 bits per heavy atom. The summed E-state index contributed by atoms with van der Waals surface area (Å²) in [5, 5.41) is 11.0. The number of rotatable bonds is 9. The fourth-order valence-electron chi connectivity index (χ4n) is 2.60. The molecule has 2 rings (SSSR count). The van der Waals surface area contributed by atoms with Crippen molar-refractivity contribution >= 4 is 27.0 Å². The minimum absolute atomic E-state index is 0.101. The van der Waals surface area contributed by atoms with Gasteiger partial charge in [0.2, 0.25) is 15.9 Å². The van der Waals surface area contributed by atoms with Gasteiger partial charge in [0.15, 0.2) is 0 Å². The minimum atomic E-state index is -3.79. The highest BCUT2D eigenvalue weighted by Crippen LogP contribution is 2.22. The van der Waals surface area contributed by atoms with Crippen molar-refractivity contribution in [3.8, 4) is 0 Å². The zero-order valence-electron chi connectivity index (χ0n) is 16.6. The van der Waals surface area contributed by atoms with Gasteiger partial charge in [-0.1, -0.05) is 26.0 Å². The Bertz CT molecular complexity index is 892. The highest BCUT2D eigenvalue weighted by molar-refractivity contribution is 7.89. The Kier molecular flexibility index (Phi) is 6.94. The van der Waals surface area contributed by atoms with Gasteiger partial charge in [0.05, 0.1) is 23.0 Å². The van der Waals surface area contributed by atoms with Gasteiger partial charge >= 0.3 is 0 Å². The third-order valence-corrected chi connectivity index (χ3v) is 6.37. The predicted octanol–water partition coefficient (Wildman–Crippen LogP) is 2.19. The molecular weight excluding hydrogens is 366 g/mol. The van der Waals surface area contributed by atoms with Crippen LogP contribution in [0.25, 0.3) is 11.0 Å². The number of sulfonamides is 1. The van der Waals surface area contributed by atoms with Crippen LogP contribution in [0.15, 0.2) is 23.1 Å². The molecule has 1 amide bonds. The van der Waals surface area contributed by atoms with Gasteiger partial charge in [-0.2, -0.15) is 4.31 Å². The van der Waals surface area contributed by atoms with Crippen molar-refractivity contribution in [3.05, 3.63) is 18.2 Å². The molecule has 0 radical (unpaired) electrons. The summed E-state index contributed by atoms with van der Waals surface area (Å²) in [5.41, 5.74) is 1.31. The van der Waals surface area contributed by atoms with Crippen molar-refractivity contribution in [3.63, 3.8) is 0 Å². The van der Waals surface area contributed by atoms with E-state index in [-0.39, 0.29) is 23.4 Å². The number of hydrogen-bond donors (Lipinski definition) is 1. The molecule has 0 saturated heterocycles. The average molecular weight is 396 g/mol. The first-order chi connectivity index (χ1) is 12.7. The van der Waals surface area contributed by atoms with E-state index in [0.717, 1.165) is 22.7 Å². The summed E-state index contributed by atoms with van der Waals surface area (Å²) in [5.74, 6) is 0.160. The third kappa shape index (κ3) is 5.04. The molecule has 9 heteroatoms. The van der Waals surface area contributed by atoms with E-state index in [0.29, 0.717) is 18.0 Å². The SMILES string of the molecule is CC[C@@H](C)n1nnc2cc(S(=O)(=O)N(C)CC(=O)NCCC(C)C)ccc21. The average Bonchev–Trinajstić information content (AvgIpc) is 3.03. The molecule has 8 nitrogen and oxygen atoms in total. The lowest BCUT2D eigenvalue weighted by Gasteiger charge is -2.17. The highest BCUT2D eigenvalue weighted by Gasteiger charge is 2.24. The van der Waals surface area contributed by atoms with E-state index in [4.69, 9.17) is 0 Å². The number of nitrogens with zero attached hydrogens (tertiary/aromatic N) is 4. The molecule has 1 heterocycles. The smallest absolute Gasteiger partial charge is 0.243 e. The van der Waals surface area contributed by atoms with Gasteiger partial charge in [-0.3, -0.25) is 4.79 Å². The number of carbonyl (C=O) groups is 1. The van der Waals surface area contributed by atoms with Gasteiger partial charge in [-0.05, 0) is 43.9 Å². The molecule has 0 aliphatic heterocycles. The van der Waals surface area contributed by atoms with Crippen LogP contribution in [0.3, 0.4) is 0 Å². The Labute approximate surface area is 161 Å². The molecule has 1 aromatic carbocycles. The number of hydrogen-bond acceptors (Lipinski definition) is 5. The molecule has 150 valence electrons. The summed E-state index contributed by atoms with van der Waals surface area (Å²) in [7, 11) is -2.39. The molecule has 1 aromatic heterocycles. The van der Waals surface area contributed by atoms with E-state index in [2.05, 4.69) is 36.4 Å². The molecular formula is C18H29N5O3S. The van der Waals surface area contributed by atoms with Crippen LogP contribution < -0.4 is 5.32 Å². The van der Waals surface area contributed by atoms with E-state index >= 15 is 0 Å². The first-order valence-corrected chi connectivity index (χ1v) is 10.7. The zero-order chi connectivity index (χ0) is 20.2. The van der Waals surface area contributed by atoms with Crippen LogP contribution in [0.4, 0.5) is 0 Å². The van der Waals surface area contributed by atoms with E-state index in [1.54, 1.807) is 10.7 Å². The molecule has 27 heavy (non-hydrogen) atoms. The standard InChI is InChI=1S/C18H29N5O3S/c1-6-14(4)23-17-8-7-15(11-16(17)20-21-23)27(25,26)22(5)12-18(24)19-10-9-13(2)3/h7-8,11,13-14H,6,9-10,12H2,1-5H3,(H,19,24)/t14-/m1/s1. The van der Waals surface area contributed by atoms with Gasteiger partial charge in [0, 0.05) is 13.6 Å². The largest absolute Gasteiger partial charge is 0.355 e. The van der Waals surface area contributed by atoms with Gasteiger partial charge in [0.25, 0.3) is 0 Å². The summed E-state index contributed by atoms with van der Waals surface area (Å²) in [4.78, 5) is 12.1. The van der Waals surface area contributed by atoms with Crippen LogP contribution in [0.5, 0.6) is 0 Å². The fraction of sp³-hybridized carbons (Fsp3) is 0.611. The Hall–Kier alpha value is -2.00. The summed E-state index contributed by atoms with van der Waals surface area (Å²) >= 11 is 0. The van der Waals surface area contributed by atoms with Gasteiger partial charge in [-0.15, -0.1) is 5.10 Å². The number of nitrogens with one attached hydrogen (secondary N) is 1. The molecule has 1 N–H and O–H groups in total. The second-order valence-electron chi connectivity index (χ2n) is 7.24. The van der Waals surface area contributed by atoms with Gasteiger partial charge < -0.3 is 5.32 Å². The molecule has 2 aromatic rings. The first kappa shape index (κ1) is 21.3. The van der Waals surface area contributed by atoms with Crippen molar-refractivity contribution in [2.24, 2.45) is 5.92 Å². The molecule has 0 aliphatic rings. The number of fused-ring (bicyclic) bond motifs is 1. The Balaban J connectivity index is 2.14. The maximum atomic E-state index is 12.8. The number of benzene rings is 1. The highest BCUT2D eigenvalue weighted by atomic mass is 32.2. The quantitative estimate of drug-likeness (QED) is 0.702. The molecule has 1 atom stereocenters. The fourth-order valence-corrected chi connectivity index (χ4v) is 3.75. The third-order valence-electron chi connectivity index (χ3n) is 4.57. The normalized spacial score (nSPS) is 13.4. The lowest BCUT2D eigenvalue weighted by Crippen LogP contribution is -2.38. The zero-order valence-corrected chi connectivity index (χ0v) is 17.5. The summed E-state index contributed by atoms with van der Waals surface area (Å²) in [6.45, 7) is 8.53. The second-order valence-corrected chi connectivity index (χ2v) is 9.28. The lowest BCUT2D eigenvalue weighted by atomic mass is 10.1. The van der Waals surface area contributed by atoms with Crippen LogP contribution in [0.2, 0.25) is 0 Å². The Morgan fingerprint density at radius 3 is 2.63 bits per heavy atom. The van der Waals surface area contributed by atoms with Crippen LogP contribution in [0, 0.1) is 5.92 Å². The van der Waals surface area contributed by atoms with Crippen molar-refractivity contribution in [2.75, 3.05) is 20.1 Å². The van der Waals surface area contributed by atoms with Crippen molar-refractivity contribution < 1.29 is 13.2 Å². The van der Waals surface area contributed by atoms with Crippen molar-refractivity contribution in [1.29, 1.82) is 0 Å². The van der Waals surface area contributed by atoms with Crippen LogP contribution in [0.1, 0.15) is 46.6 Å². The topological polar surface area (TPSA) is 97.2 Å². The van der Waals surface area contributed by atoms with E-state index < -0.39 is 10.0 Å². The maximum Gasteiger partial charge on any atom is 0.243 e. The molecule has 0 fully saturated rings. The van der Waals surface area contributed by atoms with Gasteiger partial charge in [-0.25, -0.2) is 13.1 Å². The minimum Gasteiger partial charge on any atom is -0.355 e. The van der Waals surface area contributed by atoms with E-state index in [9.17, 15) is 13.2 Å². The summed E-state index contributed by atoms with van der Waals surface area (Å²) < 4.78 is 28.4. The summed E-state index contributed by atoms with van der Waals surface area (Å²) in [6.07, 6.45) is 1.75. The van der Waals surface area contributed by atoms with Crippen LogP contribution >= 0.6 is 0 Å². The first-order valence-electron chi connectivity index (χ1n) is 9.24. The molecule has 0 bridgehead atoms. The monoisotopic (exact) mass is 395 g/mol. The predicted molar refractivity (Wildman–Crippen MR) is 105 cm³/mol. The number of carbonyl (C=O) groups excluding carboxylic acids is 1. The second kappa shape index (κ2) is 8.79. The number of amides is 1. The summed E-state index contributed by atoms with van der Waals surface area (Å²) in [6, 6.07) is 4.93. The van der Waals surface area contributed by atoms with Crippen molar-refractivity contribution in [1.82, 2.24) is 24.6 Å². The lowest BCUT2D eigenvalue weighted by molar-refractivity contribution is -0.121.